The SMILES string of the molecule is CC(C)c1nccc2c1c(C(C)C)nn2C(C)C.CC(C)c1nccn2c(C(C)C)nc(C(C)C)c12.CC(C)c1ncnc2c1c(C(C)C)nn2C(C)C.CC(C)c1ncnn2c(C(C)C)nc(C(C)C)c12.Cc1c(C(C)C)c2c(C(C)C)nccc2n1C(C)C.Cc1c(C(C)C)c2c(C(C)C)nccn2c1C(C)C.Cc1c(C(C)C)c2c(C(C)C)ncnc2n1C(C)C.Cc1c(C(C)C)c2c(C(C)C)ncnn2c1C(C)C. The van der Waals surface area contributed by atoms with Gasteiger partial charge >= 0.3 is 0 Å². The minimum absolute atomic E-state index is 0.315. The van der Waals surface area contributed by atoms with Gasteiger partial charge in [0.25, 0.3) is 0 Å². The van der Waals surface area contributed by atoms with Crippen molar-refractivity contribution in [2.75, 3.05) is 0 Å². The standard InChI is InChI=1S/2C17H26N2.2C16H25N3.2C15H23N3.2C14H22N4/c1-10(2)14-13(7)16(12(5)6)19-9-8-18-15(11(3)4)17(14)19;1-10(2)15-13(7)19(12(5)6)14-8-9-18-17(11(3)4)16(14)15;1-9(2)13-12(7)19(11(5)6)16-14(13)15(10(3)4)17-8-18-16;1-9(2)13-12(7)15(11(5)6)19-16(13)14(10(3)4)17-8-18-19;1-9(2)12-14-13(10(3)4)17-15(11(5)6)18(14)8-7-16-12;1-9(2)14-13-12(7-8-16-14)18(11(5)6)17-15(13)10(3)4;1-8(2)12-11-13(9(3)4)17-18(10(5)6)14(11)16-7-15-12;1-8(2)11-13-12(9(3)4)17-14(10(5)6)18(13)16-7-15-11/h2*8-12H,1-7H3;2*8-11H,1-7H3;2*7-11H,1-6H3;2*7-10H,1-6H3. The third-order valence-corrected chi connectivity index (χ3v) is 28.0. The van der Waals surface area contributed by atoms with Gasteiger partial charge in [0.1, 0.15) is 48.1 Å². The fourth-order valence-corrected chi connectivity index (χ4v) is 21.8. The van der Waals surface area contributed by atoms with Crippen molar-refractivity contribution in [3.05, 3.63) is 211 Å². The summed E-state index contributed by atoms with van der Waals surface area (Å²) >= 11 is 0. The molecule has 0 unspecified atom stereocenters. The Morgan fingerprint density at radius 3 is 0.986 bits per heavy atom. The lowest BCUT2D eigenvalue weighted by atomic mass is 9.95. The molecule has 0 aliphatic carbocycles. The zero-order chi connectivity index (χ0) is 111. The summed E-state index contributed by atoms with van der Waals surface area (Å²) in [5.41, 5.74) is 37.5. The number of fused-ring (bicyclic) bond motifs is 8. The molecule has 0 N–H and O–H groups in total. The summed E-state index contributed by atoms with van der Waals surface area (Å²) in [5.74, 6) is 11.0. The highest BCUT2D eigenvalue weighted by atomic mass is 15.3. The van der Waals surface area contributed by atoms with Crippen molar-refractivity contribution in [1.82, 2.24) is 117 Å². The molecule has 0 amide bonds. The van der Waals surface area contributed by atoms with Gasteiger partial charge in [-0.15, -0.1) is 0 Å². The molecule has 24 nitrogen and oxygen atoms in total. The minimum atomic E-state index is 0.315. The normalized spacial score (nSPS) is 12.3. The average Bonchev–Trinajstić information content (AvgIpc) is 1.59. The van der Waals surface area contributed by atoms with Crippen LogP contribution in [0, 0.1) is 27.7 Å². The molecular formula is C124H192N24. The Balaban J connectivity index is 0.000000188. The number of hydrogen-bond acceptors (Lipinski definition) is 16. The molecule has 0 aliphatic heterocycles. The summed E-state index contributed by atoms with van der Waals surface area (Å²) in [6.45, 7) is 115. The van der Waals surface area contributed by atoms with Gasteiger partial charge in [0.15, 0.2) is 5.65 Å². The van der Waals surface area contributed by atoms with E-state index in [0.717, 1.165) is 68.0 Å². The molecule has 16 heterocycles. The highest BCUT2D eigenvalue weighted by Gasteiger charge is 2.32. The largest absolute Gasteiger partial charge is 0.342 e. The Bertz CT molecular complexity index is 6250. The Morgan fingerprint density at radius 1 is 0.216 bits per heavy atom. The zero-order valence-corrected chi connectivity index (χ0v) is 102. The van der Waals surface area contributed by atoms with Gasteiger partial charge in [-0.1, -0.05) is 277 Å². The molecular weight excluding hydrogens is 1830 g/mol. The fraction of sp³-hybridized carbons (Fsp3) is 0.613. The Morgan fingerprint density at radius 2 is 0.554 bits per heavy atom. The first-order chi connectivity index (χ1) is 69.2. The summed E-state index contributed by atoms with van der Waals surface area (Å²) < 4.78 is 17.6. The number of hydrogen-bond donors (Lipinski definition) is 0. The number of imidazole rings is 2. The lowest BCUT2D eigenvalue weighted by Crippen LogP contribution is -2.05. The molecule has 0 bridgehead atoms. The van der Waals surface area contributed by atoms with Crippen LogP contribution in [0.4, 0.5) is 0 Å². The van der Waals surface area contributed by atoms with Gasteiger partial charge in [-0.05, 0) is 235 Å². The van der Waals surface area contributed by atoms with Gasteiger partial charge in [0.05, 0.1) is 101 Å². The highest BCUT2D eigenvalue weighted by molar-refractivity contribution is 5.90. The fourth-order valence-electron chi connectivity index (χ4n) is 21.8. The Kier molecular flexibility index (Phi) is 41.3. The van der Waals surface area contributed by atoms with E-state index in [4.69, 9.17) is 20.2 Å². The highest BCUT2D eigenvalue weighted by Crippen LogP contribution is 2.44. The molecule has 0 saturated carbocycles. The monoisotopic (exact) mass is 2020 g/mol. The van der Waals surface area contributed by atoms with Gasteiger partial charge in [0, 0.05) is 112 Å². The lowest BCUT2D eigenvalue weighted by Gasteiger charge is -2.13. The van der Waals surface area contributed by atoms with E-state index in [2.05, 4.69) is 466 Å². The van der Waals surface area contributed by atoms with E-state index < -0.39 is 0 Å². The second-order valence-electron chi connectivity index (χ2n) is 48.4. The van der Waals surface area contributed by atoms with Gasteiger partial charge in [0.2, 0.25) is 0 Å². The summed E-state index contributed by atoms with van der Waals surface area (Å²) in [6, 6.07) is 5.85. The Hall–Kier alpha value is -11.0. The molecule has 0 radical (unpaired) electrons. The van der Waals surface area contributed by atoms with E-state index >= 15 is 0 Å². The van der Waals surface area contributed by atoms with Crippen LogP contribution in [0.3, 0.4) is 0 Å². The second-order valence-corrected chi connectivity index (χ2v) is 48.4. The molecule has 0 aliphatic rings. The summed E-state index contributed by atoms with van der Waals surface area (Å²) in [5, 5.41) is 23.5. The maximum Gasteiger partial charge on any atom is 0.161 e. The van der Waals surface area contributed by atoms with Crippen molar-refractivity contribution in [1.29, 1.82) is 0 Å². The molecule has 16 rings (SSSR count). The molecule has 0 saturated heterocycles. The molecule has 0 atom stereocenters. The molecule has 16 aromatic rings. The first-order valence-electron chi connectivity index (χ1n) is 56.1. The van der Waals surface area contributed by atoms with Crippen molar-refractivity contribution in [3.63, 3.8) is 0 Å². The number of nitrogens with zero attached hydrogens (tertiary/aromatic N) is 24. The van der Waals surface area contributed by atoms with E-state index in [1.165, 1.54) is 134 Å². The maximum absolute atomic E-state index is 4.85. The van der Waals surface area contributed by atoms with E-state index in [0.29, 0.717) is 143 Å². The van der Waals surface area contributed by atoms with Crippen LogP contribution in [0.15, 0.2) is 74.6 Å². The third-order valence-electron chi connectivity index (χ3n) is 28.0. The van der Waals surface area contributed by atoms with Crippen LogP contribution in [0.25, 0.3) is 65.9 Å². The van der Waals surface area contributed by atoms with Crippen LogP contribution in [0.1, 0.15) is 611 Å². The van der Waals surface area contributed by atoms with Gasteiger partial charge < -0.3 is 13.5 Å². The van der Waals surface area contributed by atoms with E-state index in [1.54, 1.807) is 25.3 Å². The quantitative estimate of drug-likeness (QED) is 0.0546. The van der Waals surface area contributed by atoms with Crippen LogP contribution < -0.4 is 0 Å². The molecule has 0 aromatic carbocycles. The summed E-state index contributed by atoms with van der Waals surface area (Å²) in [6.07, 6.45) is 18.5. The predicted molar refractivity (Wildman–Crippen MR) is 624 cm³/mol. The van der Waals surface area contributed by atoms with Crippen LogP contribution in [-0.2, 0) is 0 Å². The number of pyridine rings is 2. The Labute approximate surface area is 890 Å². The second kappa shape index (κ2) is 50.7. The maximum atomic E-state index is 4.85. The lowest BCUT2D eigenvalue weighted by molar-refractivity contribution is 0.535. The summed E-state index contributed by atoms with van der Waals surface area (Å²) in [4.78, 5) is 55.0. The molecule has 0 fully saturated rings. The van der Waals surface area contributed by atoms with Crippen LogP contribution in [0.5, 0.6) is 0 Å². The zero-order valence-electron chi connectivity index (χ0n) is 102. The molecule has 148 heavy (non-hydrogen) atoms. The summed E-state index contributed by atoms with van der Waals surface area (Å²) in [7, 11) is 0. The van der Waals surface area contributed by atoms with Crippen molar-refractivity contribution in [2.24, 2.45) is 0 Å². The van der Waals surface area contributed by atoms with Crippen molar-refractivity contribution in [3.8, 4) is 0 Å². The minimum Gasteiger partial charge on any atom is -0.342 e. The molecule has 0 spiro atoms. The smallest absolute Gasteiger partial charge is 0.161 e. The average molecular weight is 2020 g/mol. The van der Waals surface area contributed by atoms with Crippen molar-refractivity contribution < 1.29 is 0 Å². The first kappa shape index (κ1) is 120. The molecule has 808 valence electrons. The van der Waals surface area contributed by atoms with Crippen molar-refractivity contribution in [2.45, 2.75) is 503 Å². The topological polar surface area (TPSA) is 244 Å². The van der Waals surface area contributed by atoms with E-state index in [1.807, 2.05) is 40.2 Å². The van der Waals surface area contributed by atoms with Gasteiger partial charge in [-0.2, -0.15) is 20.4 Å². The number of aromatic nitrogens is 24. The van der Waals surface area contributed by atoms with Gasteiger partial charge in [-0.25, -0.2) is 53.6 Å². The van der Waals surface area contributed by atoms with Crippen LogP contribution in [0.2, 0.25) is 0 Å². The molecule has 24 heteroatoms. The van der Waals surface area contributed by atoms with Crippen molar-refractivity contribution >= 4 is 65.9 Å². The predicted octanol–water partition coefficient (Wildman–Crippen LogP) is 34.7. The van der Waals surface area contributed by atoms with E-state index in [-0.39, 0.29) is 0 Å². The third kappa shape index (κ3) is 25.4. The first-order valence-corrected chi connectivity index (χ1v) is 56.1. The number of rotatable bonds is 24. The van der Waals surface area contributed by atoms with E-state index in [9.17, 15) is 0 Å². The van der Waals surface area contributed by atoms with Gasteiger partial charge in [-0.3, -0.25) is 29.0 Å². The van der Waals surface area contributed by atoms with Crippen LogP contribution >= 0.6 is 0 Å². The van der Waals surface area contributed by atoms with Crippen LogP contribution in [-0.4, -0.2) is 117 Å². The molecule has 16 aromatic heterocycles.